The Bertz CT molecular complexity index is 2510. The van der Waals surface area contributed by atoms with Gasteiger partial charge < -0.3 is 0 Å². The second kappa shape index (κ2) is 10.2. The first-order valence-corrected chi connectivity index (χ1v) is 15.2. The van der Waals surface area contributed by atoms with Gasteiger partial charge in [-0.3, -0.25) is 9.13 Å². The minimum atomic E-state index is 0.130. The predicted molar refractivity (Wildman–Crippen MR) is 184 cm³/mol. The second-order valence-electron chi connectivity index (χ2n) is 11.0. The summed E-state index contributed by atoms with van der Waals surface area (Å²) in [6.45, 7) is 0. The van der Waals surface area contributed by atoms with Gasteiger partial charge in [-0.2, -0.15) is 15.0 Å². The highest BCUT2D eigenvalue weighted by Gasteiger charge is 2.22. The molecule has 5 nitrogen and oxygen atoms in total. The van der Waals surface area contributed by atoms with Crippen LogP contribution < -0.4 is 0 Å². The molecule has 0 aliphatic rings. The number of fused-ring (bicyclic) bond motifs is 6. The quantitative estimate of drug-likeness (QED) is 0.203. The van der Waals surface area contributed by atoms with E-state index in [0.29, 0.717) is 11.9 Å². The number of nitrogens with zero attached hydrogens (tertiary/aromatic N) is 5. The average Bonchev–Trinajstić information content (AvgIpc) is 3.62. The molecule has 6 heteroatoms. The summed E-state index contributed by atoms with van der Waals surface area (Å²) >= 11 is 6.76. The number of rotatable bonds is 4. The summed E-state index contributed by atoms with van der Waals surface area (Å²) in [4.78, 5) is 14.6. The summed E-state index contributed by atoms with van der Waals surface area (Å²) in [5, 5.41) is 4.61. The third kappa shape index (κ3) is 3.98. The number of hydrogen-bond donors (Lipinski definition) is 0. The molecule has 0 atom stereocenters. The number of aromatic nitrogens is 5. The zero-order chi connectivity index (χ0) is 29.9. The third-order valence-electron chi connectivity index (χ3n) is 8.56. The molecule has 0 unspecified atom stereocenters. The third-order valence-corrected chi connectivity index (χ3v) is 8.73. The van der Waals surface area contributed by atoms with E-state index in [2.05, 4.69) is 135 Å². The first kappa shape index (κ1) is 25.7. The number of benzene rings is 6. The Morgan fingerprint density at radius 3 is 1.51 bits per heavy atom. The lowest BCUT2D eigenvalue weighted by Crippen LogP contribution is -2.09. The Morgan fingerprint density at radius 2 is 0.844 bits per heavy atom. The molecule has 0 aliphatic heterocycles. The molecule has 0 bridgehead atoms. The lowest BCUT2D eigenvalue weighted by Gasteiger charge is -2.14. The normalized spacial score (nSPS) is 11.7. The minimum absolute atomic E-state index is 0.130. The van der Waals surface area contributed by atoms with Crippen LogP contribution in [0.1, 0.15) is 0 Å². The van der Waals surface area contributed by atoms with Crippen molar-refractivity contribution in [1.29, 1.82) is 0 Å². The second-order valence-corrected chi connectivity index (χ2v) is 11.4. The van der Waals surface area contributed by atoms with Gasteiger partial charge in [0, 0.05) is 27.1 Å². The van der Waals surface area contributed by atoms with Crippen molar-refractivity contribution in [3.05, 3.63) is 151 Å². The van der Waals surface area contributed by atoms with Crippen LogP contribution in [0.2, 0.25) is 5.28 Å². The van der Waals surface area contributed by atoms with E-state index in [-0.39, 0.29) is 5.28 Å². The SMILES string of the molecule is Clc1nc(-n2c3ccccc3c3ccccc32)nc(-n2c3ccccc3c3cccc(-c4ccccc4-c4ccccc4)c32)n1. The maximum absolute atomic E-state index is 6.76. The van der Waals surface area contributed by atoms with E-state index in [1.165, 1.54) is 0 Å². The maximum Gasteiger partial charge on any atom is 0.240 e. The molecule has 0 radical (unpaired) electrons. The Labute approximate surface area is 263 Å². The molecule has 6 aromatic carbocycles. The molecule has 0 amide bonds. The molecule has 0 aliphatic carbocycles. The van der Waals surface area contributed by atoms with Crippen LogP contribution in [0.3, 0.4) is 0 Å². The van der Waals surface area contributed by atoms with Gasteiger partial charge in [0.25, 0.3) is 0 Å². The van der Waals surface area contributed by atoms with Crippen LogP contribution >= 0.6 is 11.6 Å². The molecule has 0 N–H and O–H groups in total. The fourth-order valence-electron chi connectivity index (χ4n) is 6.70. The number of para-hydroxylation sites is 4. The van der Waals surface area contributed by atoms with Crippen LogP contribution in [0.25, 0.3) is 77.8 Å². The molecule has 9 aromatic rings. The van der Waals surface area contributed by atoms with Crippen LogP contribution in [0, 0.1) is 0 Å². The van der Waals surface area contributed by atoms with Gasteiger partial charge in [-0.15, -0.1) is 0 Å². The van der Waals surface area contributed by atoms with Gasteiger partial charge in [-0.05, 0) is 46.5 Å². The maximum atomic E-state index is 6.76. The molecule has 212 valence electrons. The van der Waals surface area contributed by atoms with E-state index < -0.39 is 0 Å². The lowest BCUT2D eigenvalue weighted by molar-refractivity contribution is 0.887. The standard InChI is InChI=1S/C39H24ClN5/c40-37-41-38(44-33-22-9-6-17-28(33)29-18-7-10-23-34(29)44)43-39(42-37)45-35-24-11-8-19-30(35)32-21-12-20-31(36(32)45)27-16-5-4-15-26(27)25-13-2-1-3-14-25/h1-24H. The Kier molecular flexibility index (Phi) is 5.80. The molecule has 9 rings (SSSR count). The van der Waals surface area contributed by atoms with Crippen molar-refractivity contribution >= 4 is 55.2 Å². The zero-order valence-electron chi connectivity index (χ0n) is 24.0. The predicted octanol–water partition coefficient (Wildman–Crippen LogP) is 10.1. The van der Waals surface area contributed by atoms with Gasteiger partial charge in [0.15, 0.2) is 0 Å². The van der Waals surface area contributed by atoms with E-state index >= 15 is 0 Å². The van der Waals surface area contributed by atoms with Crippen molar-refractivity contribution in [3.63, 3.8) is 0 Å². The van der Waals surface area contributed by atoms with Crippen molar-refractivity contribution in [3.8, 4) is 34.2 Å². The minimum Gasteiger partial charge on any atom is -0.278 e. The number of hydrogen-bond acceptors (Lipinski definition) is 3. The monoisotopic (exact) mass is 597 g/mol. The van der Waals surface area contributed by atoms with Crippen LogP contribution in [0.4, 0.5) is 0 Å². The van der Waals surface area contributed by atoms with Crippen molar-refractivity contribution < 1.29 is 0 Å². The van der Waals surface area contributed by atoms with Gasteiger partial charge in [0.1, 0.15) is 0 Å². The molecule has 0 spiro atoms. The van der Waals surface area contributed by atoms with E-state index in [9.17, 15) is 0 Å². The summed E-state index contributed by atoms with van der Waals surface area (Å²) in [7, 11) is 0. The number of halogens is 1. The fourth-order valence-corrected chi connectivity index (χ4v) is 6.85. The molecule has 0 fully saturated rings. The van der Waals surface area contributed by atoms with Crippen LogP contribution in [-0.2, 0) is 0 Å². The highest BCUT2D eigenvalue weighted by atomic mass is 35.5. The topological polar surface area (TPSA) is 48.5 Å². The van der Waals surface area contributed by atoms with Gasteiger partial charge in [0.05, 0.1) is 22.1 Å². The summed E-state index contributed by atoms with van der Waals surface area (Å²) in [5.41, 5.74) is 8.54. The van der Waals surface area contributed by atoms with E-state index in [1.54, 1.807) is 0 Å². The molecule has 3 aromatic heterocycles. The van der Waals surface area contributed by atoms with E-state index in [4.69, 9.17) is 21.6 Å². The summed E-state index contributed by atoms with van der Waals surface area (Å²) < 4.78 is 4.20. The summed E-state index contributed by atoms with van der Waals surface area (Å²) in [6.07, 6.45) is 0. The van der Waals surface area contributed by atoms with E-state index in [1.807, 2.05) is 24.3 Å². The molecule has 3 heterocycles. The highest BCUT2D eigenvalue weighted by Crippen LogP contribution is 2.41. The Morgan fingerprint density at radius 1 is 0.378 bits per heavy atom. The van der Waals surface area contributed by atoms with Gasteiger partial charge in [-0.1, -0.05) is 127 Å². The zero-order valence-corrected chi connectivity index (χ0v) is 24.7. The first-order chi connectivity index (χ1) is 22.3. The molecule has 0 saturated heterocycles. The molecule has 0 saturated carbocycles. The largest absolute Gasteiger partial charge is 0.278 e. The Balaban J connectivity index is 1.37. The van der Waals surface area contributed by atoms with Gasteiger partial charge >= 0.3 is 0 Å². The molecule has 45 heavy (non-hydrogen) atoms. The molecular weight excluding hydrogens is 574 g/mol. The van der Waals surface area contributed by atoms with E-state index in [0.717, 1.165) is 65.9 Å². The van der Waals surface area contributed by atoms with Crippen LogP contribution in [0.5, 0.6) is 0 Å². The Hall–Kier alpha value is -5.78. The smallest absolute Gasteiger partial charge is 0.240 e. The highest BCUT2D eigenvalue weighted by molar-refractivity contribution is 6.28. The first-order valence-electron chi connectivity index (χ1n) is 14.8. The molecular formula is C39H24ClN5. The fraction of sp³-hybridized carbons (Fsp3) is 0. The summed E-state index contributed by atoms with van der Waals surface area (Å²) in [5.74, 6) is 0.929. The van der Waals surface area contributed by atoms with Crippen molar-refractivity contribution in [1.82, 2.24) is 24.1 Å². The van der Waals surface area contributed by atoms with Gasteiger partial charge in [-0.25, -0.2) is 0 Å². The van der Waals surface area contributed by atoms with Crippen molar-refractivity contribution in [2.75, 3.05) is 0 Å². The van der Waals surface area contributed by atoms with Crippen molar-refractivity contribution in [2.45, 2.75) is 0 Å². The van der Waals surface area contributed by atoms with Crippen LogP contribution in [-0.4, -0.2) is 24.1 Å². The lowest BCUT2D eigenvalue weighted by atomic mass is 9.93. The van der Waals surface area contributed by atoms with Crippen LogP contribution in [0.15, 0.2) is 146 Å². The van der Waals surface area contributed by atoms with Gasteiger partial charge in [0.2, 0.25) is 17.2 Å². The average molecular weight is 598 g/mol. The summed E-state index contributed by atoms with van der Waals surface area (Å²) in [6, 6.07) is 50.5. The van der Waals surface area contributed by atoms with Crippen molar-refractivity contribution in [2.24, 2.45) is 0 Å².